The quantitative estimate of drug-likeness (QED) is 0.891. The van der Waals surface area contributed by atoms with E-state index in [1.807, 2.05) is 6.92 Å². The van der Waals surface area contributed by atoms with E-state index in [2.05, 4.69) is 15.4 Å². The predicted molar refractivity (Wildman–Crippen MR) is 71.1 cm³/mol. The molecule has 0 saturated heterocycles. The van der Waals surface area contributed by atoms with Crippen molar-refractivity contribution in [3.8, 4) is 5.75 Å². The van der Waals surface area contributed by atoms with Crippen molar-refractivity contribution >= 4 is 5.69 Å². The van der Waals surface area contributed by atoms with Crippen LogP contribution >= 0.6 is 0 Å². The number of ether oxygens (including phenoxy) is 1. The standard InChI is InChI=1S/C13H15F3N4O/c1-10(6-20-9-17-8-18-20)19-11-4-2-3-5-12(11)21-7-13(14,15)16/h2-5,8-10,19H,6-7H2,1H3/t10-/m0/s1. The average molecular weight is 300 g/mol. The van der Waals surface area contributed by atoms with Crippen LogP contribution in [0.2, 0.25) is 0 Å². The largest absolute Gasteiger partial charge is 0.482 e. The molecule has 2 aromatic rings. The zero-order valence-electron chi connectivity index (χ0n) is 11.3. The fourth-order valence-corrected chi connectivity index (χ4v) is 1.79. The maximum atomic E-state index is 12.2. The minimum atomic E-state index is -4.36. The van der Waals surface area contributed by atoms with Crippen LogP contribution in [0.25, 0.3) is 0 Å². The van der Waals surface area contributed by atoms with Gasteiger partial charge in [0.1, 0.15) is 18.4 Å². The van der Waals surface area contributed by atoms with Gasteiger partial charge in [-0.3, -0.25) is 4.68 Å². The topological polar surface area (TPSA) is 52.0 Å². The van der Waals surface area contributed by atoms with Gasteiger partial charge in [0.15, 0.2) is 6.61 Å². The lowest BCUT2D eigenvalue weighted by Crippen LogP contribution is -2.23. The number of hydrogen-bond donors (Lipinski definition) is 1. The van der Waals surface area contributed by atoms with E-state index in [1.165, 1.54) is 12.4 Å². The highest BCUT2D eigenvalue weighted by molar-refractivity contribution is 5.56. The number of anilines is 1. The van der Waals surface area contributed by atoms with Gasteiger partial charge in [-0.2, -0.15) is 18.3 Å². The first-order chi connectivity index (χ1) is 9.94. The van der Waals surface area contributed by atoms with E-state index in [-0.39, 0.29) is 11.8 Å². The zero-order valence-corrected chi connectivity index (χ0v) is 11.3. The molecule has 1 atom stereocenters. The molecule has 0 amide bonds. The van der Waals surface area contributed by atoms with E-state index in [0.717, 1.165) is 0 Å². The van der Waals surface area contributed by atoms with Gasteiger partial charge in [0.25, 0.3) is 0 Å². The van der Waals surface area contributed by atoms with Crippen LogP contribution in [-0.4, -0.2) is 33.6 Å². The smallest absolute Gasteiger partial charge is 0.422 e. The lowest BCUT2D eigenvalue weighted by molar-refractivity contribution is -0.153. The number of nitrogens with one attached hydrogen (secondary N) is 1. The first-order valence-electron chi connectivity index (χ1n) is 6.31. The van der Waals surface area contributed by atoms with Gasteiger partial charge in [-0.25, -0.2) is 4.98 Å². The van der Waals surface area contributed by atoms with Gasteiger partial charge in [-0.1, -0.05) is 12.1 Å². The molecule has 0 radical (unpaired) electrons. The summed E-state index contributed by atoms with van der Waals surface area (Å²) >= 11 is 0. The van der Waals surface area contributed by atoms with Gasteiger partial charge in [0.05, 0.1) is 12.2 Å². The third-order valence-corrected chi connectivity index (χ3v) is 2.61. The van der Waals surface area contributed by atoms with Gasteiger partial charge in [-0.05, 0) is 19.1 Å². The Bertz CT molecular complexity index is 557. The van der Waals surface area contributed by atoms with Crippen molar-refractivity contribution < 1.29 is 17.9 Å². The van der Waals surface area contributed by atoms with Gasteiger partial charge in [0, 0.05) is 6.04 Å². The Labute approximate surface area is 119 Å². The highest BCUT2D eigenvalue weighted by Gasteiger charge is 2.28. The van der Waals surface area contributed by atoms with Crippen LogP contribution in [0.5, 0.6) is 5.75 Å². The highest BCUT2D eigenvalue weighted by Crippen LogP contribution is 2.26. The molecule has 1 heterocycles. The monoisotopic (exact) mass is 300 g/mol. The van der Waals surface area contributed by atoms with Crippen LogP contribution in [0.15, 0.2) is 36.9 Å². The third kappa shape index (κ3) is 4.97. The number of nitrogens with zero attached hydrogens (tertiary/aromatic N) is 3. The Hall–Kier alpha value is -2.25. The maximum absolute atomic E-state index is 12.2. The molecule has 0 unspecified atom stereocenters. The van der Waals surface area contributed by atoms with Crippen molar-refractivity contribution in [3.63, 3.8) is 0 Å². The number of para-hydroxylation sites is 2. The molecular weight excluding hydrogens is 285 g/mol. The Morgan fingerprint density at radius 2 is 2.10 bits per heavy atom. The second kappa shape index (κ2) is 6.47. The number of hydrogen-bond acceptors (Lipinski definition) is 4. The highest BCUT2D eigenvalue weighted by atomic mass is 19.4. The Kier molecular flexibility index (Phi) is 4.66. The first-order valence-corrected chi connectivity index (χ1v) is 6.31. The first kappa shape index (κ1) is 15.1. The van der Waals surface area contributed by atoms with Gasteiger partial charge < -0.3 is 10.1 Å². The lowest BCUT2D eigenvalue weighted by atomic mass is 10.2. The number of benzene rings is 1. The van der Waals surface area contributed by atoms with E-state index in [0.29, 0.717) is 12.2 Å². The summed E-state index contributed by atoms with van der Waals surface area (Å²) in [5.41, 5.74) is 0.509. The minimum absolute atomic E-state index is 0.0534. The van der Waals surface area contributed by atoms with Gasteiger partial charge in [0.2, 0.25) is 0 Å². The van der Waals surface area contributed by atoms with E-state index in [4.69, 9.17) is 4.74 Å². The molecule has 0 spiro atoms. The summed E-state index contributed by atoms with van der Waals surface area (Å²) in [5, 5.41) is 7.08. The SMILES string of the molecule is C[C@@H](Cn1cncn1)Nc1ccccc1OCC(F)(F)F. The summed E-state index contributed by atoms with van der Waals surface area (Å²) in [6, 6.07) is 6.46. The summed E-state index contributed by atoms with van der Waals surface area (Å²) in [7, 11) is 0. The predicted octanol–water partition coefficient (Wildman–Crippen LogP) is 2.72. The van der Waals surface area contributed by atoms with E-state index in [9.17, 15) is 13.2 Å². The Morgan fingerprint density at radius 1 is 1.33 bits per heavy atom. The summed E-state index contributed by atoms with van der Waals surface area (Å²) in [5.74, 6) is 0.167. The Balaban J connectivity index is 1.99. The molecule has 0 fully saturated rings. The third-order valence-electron chi connectivity index (χ3n) is 2.61. The summed E-state index contributed by atoms with van der Waals surface area (Å²) in [6.45, 7) is 1.11. The van der Waals surface area contributed by atoms with Crippen molar-refractivity contribution in [2.45, 2.75) is 25.7 Å². The average Bonchev–Trinajstić information content (AvgIpc) is 2.89. The summed E-state index contributed by atoms with van der Waals surface area (Å²) < 4.78 is 43.1. The second-order valence-corrected chi connectivity index (χ2v) is 4.56. The number of rotatable bonds is 6. The molecule has 0 aliphatic rings. The fourth-order valence-electron chi connectivity index (χ4n) is 1.79. The van der Waals surface area contributed by atoms with Crippen molar-refractivity contribution in [2.24, 2.45) is 0 Å². The molecular formula is C13H15F3N4O. The van der Waals surface area contributed by atoms with Crippen molar-refractivity contribution in [3.05, 3.63) is 36.9 Å². The van der Waals surface area contributed by atoms with Crippen LogP contribution in [0.1, 0.15) is 6.92 Å². The van der Waals surface area contributed by atoms with Crippen LogP contribution < -0.4 is 10.1 Å². The zero-order chi connectivity index (χ0) is 15.3. The molecule has 0 bridgehead atoms. The molecule has 0 aliphatic carbocycles. The molecule has 21 heavy (non-hydrogen) atoms. The van der Waals surface area contributed by atoms with Crippen molar-refractivity contribution in [1.29, 1.82) is 0 Å². The molecule has 1 aromatic heterocycles. The molecule has 1 aromatic carbocycles. The molecule has 2 rings (SSSR count). The van der Waals surface area contributed by atoms with E-state index in [1.54, 1.807) is 29.2 Å². The lowest BCUT2D eigenvalue weighted by Gasteiger charge is -2.18. The second-order valence-electron chi connectivity index (χ2n) is 4.56. The van der Waals surface area contributed by atoms with E-state index < -0.39 is 12.8 Å². The Morgan fingerprint density at radius 3 is 2.76 bits per heavy atom. The molecule has 5 nitrogen and oxygen atoms in total. The van der Waals surface area contributed by atoms with Crippen molar-refractivity contribution in [2.75, 3.05) is 11.9 Å². The van der Waals surface area contributed by atoms with Crippen LogP contribution in [0.4, 0.5) is 18.9 Å². The van der Waals surface area contributed by atoms with Crippen molar-refractivity contribution in [1.82, 2.24) is 14.8 Å². The maximum Gasteiger partial charge on any atom is 0.422 e. The molecule has 8 heteroatoms. The molecule has 0 aliphatic heterocycles. The van der Waals surface area contributed by atoms with Crippen LogP contribution in [0, 0.1) is 0 Å². The number of halogens is 3. The minimum Gasteiger partial charge on any atom is -0.482 e. The number of aromatic nitrogens is 3. The molecule has 114 valence electrons. The summed E-state index contributed by atoms with van der Waals surface area (Å²) in [4.78, 5) is 3.83. The summed E-state index contributed by atoms with van der Waals surface area (Å²) in [6.07, 6.45) is -1.36. The normalized spacial score (nSPS) is 13.0. The van der Waals surface area contributed by atoms with Crippen LogP contribution in [0.3, 0.4) is 0 Å². The molecule has 0 saturated carbocycles. The number of alkyl halides is 3. The van der Waals surface area contributed by atoms with Gasteiger partial charge >= 0.3 is 6.18 Å². The van der Waals surface area contributed by atoms with E-state index >= 15 is 0 Å². The van der Waals surface area contributed by atoms with Crippen LogP contribution in [-0.2, 0) is 6.54 Å². The fraction of sp³-hybridized carbons (Fsp3) is 0.385. The molecule has 1 N–H and O–H groups in total. The van der Waals surface area contributed by atoms with Gasteiger partial charge in [-0.15, -0.1) is 0 Å².